The van der Waals surface area contributed by atoms with E-state index in [4.69, 9.17) is 4.74 Å². The molecule has 3 N–H and O–H groups in total. The summed E-state index contributed by atoms with van der Waals surface area (Å²) in [4.78, 5) is 23.7. The topological polar surface area (TPSA) is 87.7 Å². The molecule has 2 aromatic carbocycles. The van der Waals surface area contributed by atoms with Crippen LogP contribution in [0.3, 0.4) is 0 Å². The Morgan fingerprint density at radius 1 is 1.00 bits per heavy atom. The first-order valence-electron chi connectivity index (χ1n) is 6.68. The van der Waals surface area contributed by atoms with Gasteiger partial charge in [-0.15, -0.1) is 0 Å². The van der Waals surface area contributed by atoms with Gasteiger partial charge in [0, 0.05) is 0 Å². The predicted molar refractivity (Wildman–Crippen MR) is 80.2 cm³/mol. The van der Waals surface area contributed by atoms with Gasteiger partial charge in [0.25, 0.3) is 11.8 Å². The van der Waals surface area contributed by atoms with E-state index in [1.807, 2.05) is 6.07 Å². The quantitative estimate of drug-likeness (QED) is 0.749. The molecule has 6 nitrogen and oxygen atoms in total. The third-order valence-electron chi connectivity index (χ3n) is 2.87. The number of aromatic hydroxyl groups is 1. The number of nitrogens with one attached hydrogen (secondary N) is 2. The molecule has 0 aliphatic heterocycles. The molecule has 0 fully saturated rings. The number of phenols is 1. The van der Waals surface area contributed by atoms with Crippen molar-refractivity contribution in [3.63, 3.8) is 0 Å². The van der Waals surface area contributed by atoms with Gasteiger partial charge in [0.15, 0.2) is 6.10 Å². The van der Waals surface area contributed by atoms with Crippen molar-refractivity contribution in [2.24, 2.45) is 0 Å². The van der Waals surface area contributed by atoms with E-state index in [2.05, 4.69) is 10.9 Å². The largest absolute Gasteiger partial charge is 0.507 e. The number of carbonyl (C=O) groups is 2. The standard InChI is InChI=1S/C16H16N2O4/c1-11(22-12-7-3-2-4-8-12)15(20)17-18-16(21)13-9-5-6-10-14(13)19/h2-11,19H,1H3,(H,17,20)(H,18,21). The first kappa shape index (κ1) is 15.4. The van der Waals surface area contributed by atoms with Crippen LogP contribution in [-0.2, 0) is 4.79 Å². The molecule has 2 aromatic rings. The molecule has 1 atom stereocenters. The van der Waals surface area contributed by atoms with Crippen molar-refractivity contribution in [3.8, 4) is 11.5 Å². The summed E-state index contributed by atoms with van der Waals surface area (Å²) in [7, 11) is 0. The number of rotatable bonds is 4. The number of hydrogen-bond donors (Lipinski definition) is 3. The fraction of sp³-hybridized carbons (Fsp3) is 0.125. The fourth-order valence-electron chi connectivity index (χ4n) is 1.71. The number of hydrazine groups is 1. The first-order chi connectivity index (χ1) is 10.6. The maximum atomic E-state index is 11.9. The van der Waals surface area contributed by atoms with E-state index in [1.165, 1.54) is 12.1 Å². The van der Waals surface area contributed by atoms with E-state index in [0.717, 1.165) is 0 Å². The summed E-state index contributed by atoms with van der Waals surface area (Å²) in [6, 6.07) is 14.9. The highest BCUT2D eigenvalue weighted by Crippen LogP contribution is 2.14. The number of benzene rings is 2. The maximum Gasteiger partial charge on any atom is 0.279 e. The predicted octanol–water partition coefficient (Wildman–Crippen LogP) is 1.62. The smallest absolute Gasteiger partial charge is 0.279 e. The maximum absolute atomic E-state index is 11.9. The van der Waals surface area contributed by atoms with Gasteiger partial charge >= 0.3 is 0 Å². The molecule has 0 saturated carbocycles. The molecular weight excluding hydrogens is 284 g/mol. The van der Waals surface area contributed by atoms with Gasteiger partial charge in [-0.3, -0.25) is 20.4 Å². The van der Waals surface area contributed by atoms with Crippen LogP contribution in [0.2, 0.25) is 0 Å². The van der Waals surface area contributed by atoms with Crippen LogP contribution in [0.15, 0.2) is 54.6 Å². The summed E-state index contributed by atoms with van der Waals surface area (Å²) in [5, 5.41) is 9.55. The minimum atomic E-state index is -0.785. The summed E-state index contributed by atoms with van der Waals surface area (Å²) >= 11 is 0. The van der Waals surface area contributed by atoms with Crippen LogP contribution in [0, 0.1) is 0 Å². The molecule has 0 aliphatic carbocycles. The average molecular weight is 300 g/mol. The van der Waals surface area contributed by atoms with Crippen LogP contribution in [0.4, 0.5) is 0 Å². The van der Waals surface area contributed by atoms with Crippen LogP contribution in [0.1, 0.15) is 17.3 Å². The second-order valence-electron chi connectivity index (χ2n) is 4.53. The molecule has 114 valence electrons. The van der Waals surface area contributed by atoms with Crippen molar-refractivity contribution < 1.29 is 19.4 Å². The van der Waals surface area contributed by atoms with E-state index >= 15 is 0 Å². The lowest BCUT2D eigenvalue weighted by Gasteiger charge is -2.15. The van der Waals surface area contributed by atoms with Crippen molar-refractivity contribution in [2.45, 2.75) is 13.0 Å². The van der Waals surface area contributed by atoms with Gasteiger partial charge in [-0.1, -0.05) is 30.3 Å². The van der Waals surface area contributed by atoms with Gasteiger partial charge in [0.1, 0.15) is 11.5 Å². The van der Waals surface area contributed by atoms with Crippen molar-refractivity contribution >= 4 is 11.8 Å². The number of phenolic OH excluding ortho intramolecular Hbond substituents is 1. The highest BCUT2D eigenvalue weighted by molar-refractivity contribution is 5.97. The Morgan fingerprint density at radius 3 is 2.32 bits per heavy atom. The van der Waals surface area contributed by atoms with Crippen molar-refractivity contribution in [1.29, 1.82) is 0 Å². The zero-order valence-corrected chi connectivity index (χ0v) is 11.9. The first-order valence-corrected chi connectivity index (χ1v) is 6.68. The molecule has 0 spiro atoms. The van der Waals surface area contributed by atoms with Gasteiger partial charge in [0.05, 0.1) is 5.56 Å². The molecule has 0 aromatic heterocycles. The monoisotopic (exact) mass is 300 g/mol. The van der Waals surface area contributed by atoms with Gasteiger partial charge < -0.3 is 9.84 Å². The lowest BCUT2D eigenvalue weighted by Crippen LogP contribution is -2.47. The average Bonchev–Trinajstić information content (AvgIpc) is 2.53. The molecular formula is C16H16N2O4. The molecule has 2 amide bonds. The minimum absolute atomic E-state index is 0.0689. The van der Waals surface area contributed by atoms with Crippen LogP contribution in [-0.4, -0.2) is 23.0 Å². The molecule has 0 bridgehead atoms. The van der Waals surface area contributed by atoms with Gasteiger partial charge in [-0.25, -0.2) is 0 Å². The number of carbonyl (C=O) groups excluding carboxylic acids is 2. The van der Waals surface area contributed by atoms with E-state index in [-0.39, 0.29) is 11.3 Å². The Hall–Kier alpha value is -3.02. The molecule has 2 rings (SSSR count). The van der Waals surface area contributed by atoms with E-state index in [0.29, 0.717) is 5.75 Å². The summed E-state index contributed by atoms with van der Waals surface area (Å²) in [6.07, 6.45) is -0.785. The Morgan fingerprint density at radius 2 is 1.64 bits per heavy atom. The zero-order chi connectivity index (χ0) is 15.9. The fourth-order valence-corrected chi connectivity index (χ4v) is 1.71. The Kier molecular flexibility index (Phi) is 4.98. The second kappa shape index (κ2) is 7.12. The van der Waals surface area contributed by atoms with E-state index in [9.17, 15) is 14.7 Å². The summed E-state index contributed by atoms with van der Waals surface area (Å²) < 4.78 is 5.43. The molecule has 0 heterocycles. The van der Waals surface area contributed by atoms with Crippen molar-refractivity contribution in [1.82, 2.24) is 10.9 Å². The van der Waals surface area contributed by atoms with Crippen LogP contribution < -0.4 is 15.6 Å². The van der Waals surface area contributed by atoms with Gasteiger partial charge in [-0.2, -0.15) is 0 Å². The van der Waals surface area contributed by atoms with Crippen LogP contribution in [0.25, 0.3) is 0 Å². The summed E-state index contributed by atoms with van der Waals surface area (Å²) in [5.74, 6) is -0.731. The van der Waals surface area contributed by atoms with Gasteiger partial charge in [-0.05, 0) is 31.2 Å². The van der Waals surface area contributed by atoms with E-state index < -0.39 is 17.9 Å². The lowest BCUT2D eigenvalue weighted by molar-refractivity contribution is -0.128. The highest BCUT2D eigenvalue weighted by atomic mass is 16.5. The molecule has 22 heavy (non-hydrogen) atoms. The zero-order valence-electron chi connectivity index (χ0n) is 11.9. The highest BCUT2D eigenvalue weighted by Gasteiger charge is 2.16. The normalized spacial score (nSPS) is 11.3. The third kappa shape index (κ3) is 3.99. The number of para-hydroxylation sites is 2. The molecule has 0 aliphatic rings. The van der Waals surface area contributed by atoms with Crippen molar-refractivity contribution in [2.75, 3.05) is 0 Å². The van der Waals surface area contributed by atoms with Crippen LogP contribution in [0.5, 0.6) is 11.5 Å². The lowest BCUT2D eigenvalue weighted by atomic mass is 10.2. The molecule has 0 saturated heterocycles. The second-order valence-corrected chi connectivity index (χ2v) is 4.53. The number of ether oxygens (including phenoxy) is 1. The number of amides is 2. The minimum Gasteiger partial charge on any atom is -0.507 e. The Balaban J connectivity index is 1.87. The summed E-state index contributed by atoms with van der Waals surface area (Å²) in [5.41, 5.74) is 4.55. The molecule has 0 radical (unpaired) electrons. The third-order valence-corrected chi connectivity index (χ3v) is 2.87. The Labute approximate surface area is 127 Å². The van der Waals surface area contributed by atoms with Crippen molar-refractivity contribution in [3.05, 3.63) is 60.2 Å². The molecule has 1 unspecified atom stereocenters. The number of hydrogen-bond acceptors (Lipinski definition) is 4. The van der Waals surface area contributed by atoms with E-state index in [1.54, 1.807) is 43.3 Å². The van der Waals surface area contributed by atoms with Crippen LogP contribution >= 0.6 is 0 Å². The molecule has 6 heteroatoms. The SMILES string of the molecule is CC(Oc1ccccc1)C(=O)NNC(=O)c1ccccc1O. The van der Waals surface area contributed by atoms with Gasteiger partial charge in [0.2, 0.25) is 0 Å². The Bertz CT molecular complexity index is 658. The summed E-state index contributed by atoms with van der Waals surface area (Å²) in [6.45, 7) is 1.56.